The molecule has 3 N–H and O–H groups in total. The van der Waals surface area contributed by atoms with Gasteiger partial charge in [0.2, 0.25) is 15.9 Å². The van der Waals surface area contributed by atoms with Crippen molar-refractivity contribution in [2.24, 2.45) is 5.14 Å². The molecule has 0 aliphatic heterocycles. The number of carbonyl (C=O) groups excluding carboxylic acids is 1. The van der Waals surface area contributed by atoms with Crippen LogP contribution in [0.4, 0.5) is 4.39 Å². The van der Waals surface area contributed by atoms with Crippen LogP contribution in [-0.4, -0.2) is 20.9 Å². The third-order valence-corrected chi connectivity index (χ3v) is 4.67. The van der Waals surface area contributed by atoms with Crippen LogP contribution in [0, 0.1) is 5.82 Å². The summed E-state index contributed by atoms with van der Waals surface area (Å²) in [6.45, 7) is 0.333. The third kappa shape index (κ3) is 5.02. The zero-order valence-corrected chi connectivity index (χ0v) is 14.2. The molecule has 0 spiro atoms. The van der Waals surface area contributed by atoms with Crippen LogP contribution in [0.25, 0.3) is 0 Å². The molecule has 2 rings (SSSR count). The van der Waals surface area contributed by atoms with Crippen LogP contribution in [0.3, 0.4) is 0 Å². The topological polar surface area (TPSA) is 89.3 Å². The fourth-order valence-corrected chi connectivity index (χ4v) is 2.86. The molecule has 0 saturated carbocycles. The van der Waals surface area contributed by atoms with E-state index in [1.165, 1.54) is 30.3 Å². The van der Waals surface area contributed by atoms with Crippen molar-refractivity contribution in [1.82, 2.24) is 5.32 Å². The van der Waals surface area contributed by atoms with Crippen molar-refractivity contribution in [3.05, 3.63) is 64.4 Å². The van der Waals surface area contributed by atoms with Gasteiger partial charge in [-0.05, 0) is 36.2 Å². The van der Waals surface area contributed by atoms with Crippen LogP contribution in [0.2, 0.25) is 5.02 Å². The van der Waals surface area contributed by atoms with Crippen molar-refractivity contribution in [3.63, 3.8) is 0 Å². The Morgan fingerprint density at radius 3 is 2.42 bits per heavy atom. The summed E-state index contributed by atoms with van der Waals surface area (Å²) < 4.78 is 35.9. The van der Waals surface area contributed by atoms with Gasteiger partial charge < -0.3 is 5.32 Å². The zero-order chi connectivity index (χ0) is 17.7. The Kier molecular flexibility index (Phi) is 5.93. The first-order chi connectivity index (χ1) is 11.3. The molecule has 24 heavy (non-hydrogen) atoms. The average molecular weight is 371 g/mol. The summed E-state index contributed by atoms with van der Waals surface area (Å²) in [6, 6.07) is 10.3. The van der Waals surface area contributed by atoms with Gasteiger partial charge in [-0.15, -0.1) is 0 Å². The Balaban J connectivity index is 1.87. The minimum Gasteiger partial charge on any atom is -0.355 e. The van der Waals surface area contributed by atoms with E-state index in [-0.39, 0.29) is 27.8 Å². The first-order valence-corrected chi connectivity index (χ1v) is 9.01. The second-order valence-electron chi connectivity index (χ2n) is 5.17. The van der Waals surface area contributed by atoms with Gasteiger partial charge in [-0.1, -0.05) is 29.8 Å². The van der Waals surface area contributed by atoms with E-state index < -0.39 is 15.8 Å². The van der Waals surface area contributed by atoms with Crippen LogP contribution >= 0.6 is 11.6 Å². The predicted molar refractivity (Wildman–Crippen MR) is 89.6 cm³/mol. The number of amides is 1. The number of sulfonamides is 1. The van der Waals surface area contributed by atoms with Crippen LogP contribution in [0.15, 0.2) is 47.4 Å². The highest BCUT2D eigenvalue weighted by atomic mass is 35.5. The summed E-state index contributed by atoms with van der Waals surface area (Å²) in [5.74, 6) is -0.862. The Labute approximate surface area is 144 Å². The smallest absolute Gasteiger partial charge is 0.238 e. The van der Waals surface area contributed by atoms with Gasteiger partial charge in [-0.25, -0.2) is 17.9 Å². The molecule has 2 aromatic carbocycles. The molecule has 0 aliphatic carbocycles. The van der Waals surface area contributed by atoms with Gasteiger partial charge >= 0.3 is 0 Å². The molecular formula is C16H16ClFN2O3S. The Morgan fingerprint density at radius 1 is 1.17 bits per heavy atom. The van der Waals surface area contributed by atoms with Gasteiger partial charge in [0.25, 0.3) is 0 Å². The van der Waals surface area contributed by atoms with E-state index in [9.17, 15) is 17.6 Å². The molecular weight excluding hydrogens is 355 g/mol. The van der Waals surface area contributed by atoms with Gasteiger partial charge in [-0.3, -0.25) is 4.79 Å². The molecule has 8 heteroatoms. The lowest BCUT2D eigenvalue weighted by molar-refractivity contribution is -0.120. The maximum atomic E-state index is 13.6. The summed E-state index contributed by atoms with van der Waals surface area (Å²) in [5.41, 5.74) is 1.00. The minimum atomic E-state index is -3.71. The standard InChI is InChI=1S/C16H16ClFN2O3S/c17-14-2-1-3-15(18)13(14)10-16(21)20-9-8-11-4-6-12(7-5-11)24(19,22)23/h1-7H,8-10H2,(H,20,21)(H2,19,22,23). The van der Waals surface area contributed by atoms with Crippen molar-refractivity contribution < 1.29 is 17.6 Å². The van der Waals surface area contributed by atoms with Gasteiger partial charge in [0, 0.05) is 17.1 Å². The molecule has 0 unspecified atom stereocenters. The van der Waals surface area contributed by atoms with Crippen LogP contribution in [0.1, 0.15) is 11.1 Å². The molecule has 0 atom stereocenters. The number of rotatable bonds is 6. The van der Waals surface area contributed by atoms with E-state index >= 15 is 0 Å². The van der Waals surface area contributed by atoms with Crippen molar-refractivity contribution >= 4 is 27.5 Å². The largest absolute Gasteiger partial charge is 0.355 e. The van der Waals surface area contributed by atoms with Crippen molar-refractivity contribution in [1.29, 1.82) is 0 Å². The van der Waals surface area contributed by atoms with Gasteiger partial charge in [0.1, 0.15) is 5.82 Å². The first kappa shape index (κ1) is 18.4. The molecule has 0 fully saturated rings. The predicted octanol–water partition coefficient (Wildman–Crippen LogP) is 2.03. The van der Waals surface area contributed by atoms with Crippen LogP contribution in [0.5, 0.6) is 0 Å². The number of nitrogens with one attached hydrogen (secondary N) is 1. The molecule has 0 heterocycles. The monoisotopic (exact) mass is 370 g/mol. The highest BCUT2D eigenvalue weighted by Gasteiger charge is 2.11. The van der Waals surface area contributed by atoms with Crippen LogP contribution < -0.4 is 10.5 Å². The van der Waals surface area contributed by atoms with E-state index in [1.54, 1.807) is 12.1 Å². The minimum absolute atomic E-state index is 0.0319. The van der Waals surface area contributed by atoms with Crippen LogP contribution in [-0.2, 0) is 27.7 Å². The number of halogens is 2. The van der Waals surface area contributed by atoms with E-state index in [2.05, 4.69) is 5.32 Å². The van der Waals surface area contributed by atoms with Crippen molar-refractivity contribution in [3.8, 4) is 0 Å². The van der Waals surface area contributed by atoms with Gasteiger partial charge in [0.05, 0.1) is 11.3 Å². The Hall–Kier alpha value is -1.96. The maximum Gasteiger partial charge on any atom is 0.238 e. The van der Waals surface area contributed by atoms with E-state index in [1.807, 2.05) is 0 Å². The van der Waals surface area contributed by atoms with Gasteiger partial charge in [-0.2, -0.15) is 0 Å². The quantitative estimate of drug-likeness (QED) is 0.815. The summed E-state index contributed by atoms with van der Waals surface area (Å²) in [4.78, 5) is 11.9. The number of benzene rings is 2. The second kappa shape index (κ2) is 7.74. The Morgan fingerprint density at radius 2 is 1.83 bits per heavy atom. The lowest BCUT2D eigenvalue weighted by Crippen LogP contribution is -2.27. The fourth-order valence-electron chi connectivity index (χ4n) is 2.12. The number of nitrogens with two attached hydrogens (primary N) is 1. The van der Waals surface area contributed by atoms with E-state index in [0.29, 0.717) is 13.0 Å². The highest BCUT2D eigenvalue weighted by Crippen LogP contribution is 2.19. The van der Waals surface area contributed by atoms with Crippen molar-refractivity contribution in [2.75, 3.05) is 6.54 Å². The maximum absolute atomic E-state index is 13.6. The molecule has 1 amide bonds. The normalized spacial score (nSPS) is 11.3. The number of carbonyl (C=O) groups is 1. The highest BCUT2D eigenvalue weighted by molar-refractivity contribution is 7.89. The SMILES string of the molecule is NS(=O)(=O)c1ccc(CCNC(=O)Cc2c(F)cccc2Cl)cc1. The molecule has 128 valence electrons. The molecule has 5 nitrogen and oxygen atoms in total. The number of hydrogen-bond acceptors (Lipinski definition) is 3. The molecule has 2 aromatic rings. The second-order valence-corrected chi connectivity index (χ2v) is 7.13. The molecule has 0 bridgehead atoms. The van der Waals surface area contributed by atoms with E-state index in [0.717, 1.165) is 5.56 Å². The molecule has 0 radical (unpaired) electrons. The average Bonchev–Trinajstić information content (AvgIpc) is 2.51. The molecule has 0 aromatic heterocycles. The number of hydrogen-bond donors (Lipinski definition) is 2. The lowest BCUT2D eigenvalue weighted by Gasteiger charge is -2.08. The fraction of sp³-hybridized carbons (Fsp3) is 0.188. The van der Waals surface area contributed by atoms with E-state index in [4.69, 9.17) is 16.7 Å². The third-order valence-electron chi connectivity index (χ3n) is 3.39. The summed E-state index contributed by atoms with van der Waals surface area (Å²) in [5, 5.41) is 7.90. The molecule has 0 saturated heterocycles. The lowest BCUT2D eigenvalue weighted by atomic mass is 10.1. The summed E-state index contributed by atoms with van der Waals surface area (Å²) in [7, 11) is -3.71. The number of primary sulfonamides is 1. The zero-order valence-electron chi connectivity index (χ0n) is 12.6. The summed E-state index contributed by atoms with van der Waals surface area (Å²) >= 11 is 5.88. The molecule has 0 aliphatic rings. The summed E-state index contributed by atoms with van der Waals surface area (Å²) in [6.07, 6.45) is 0.359. The van der Waals surface area contributed by atoms with Crippen molar-refractivity contribution in [2.45, 2.75) is 17.7 Å². The Bertz CT molecular complexity index is 819. The van der Waals surface area contributed by atoms with Gasteiger partial charge in [0.15, 0.2) is 0 Å². The first-order valence-electron chi connectivity index (χ1n) is 7.08.